The van der Waals surface area contributed by atoms with E-state index in [4.69, 9.17) is 9.84 Å². The third-order valence-electron chi connectivity index (χ3n) is 2.44. The normalized spacial score (nSPS) is 10.4. The van der Waals surface area contributed by atoms with Crippen molar-refractivity contribution in [2.75, 3.05) is 24.6 Å². The number of hydrogen-bond acceptors (Lipinski definition) is 4. The second-order valence-electron chi connectivity index (χ2n) is 4.33. The van der Waals surface area contributed by atoms with Gasteiger partial charge < -0.3 is 14.7 Å². The minimum atomic E-state index is -0.205. The number of aliphatic hydroxyl groups is 1. The van der Waals surface area contributed by atoms with Crippen molar-refractivity contribution >= 4 is 11.7 Å². The maximum absolute atomic E-state index is 11.5. The first-order valence-corrected chi connectivity index (χ1v) is 6.24. The molecule has 0 aliphatic rings. The summed E-state index contributed by atoms with van der Waals surface area (Å²) in [7, 11) is 0. The first kappa shape index (κ1) is 14.5. The van der Waals surface area contributed by atoms with E-state index in [-0.39, 0.29) is 18.7 Å². The number of aliphatic hydroxyl groups excluding tert-OH is 1. The van der Waals surface area contributed by atoms with Gasteiger partial charge in [0.15, 0.2) is 0 Å². The van der Waals surface area contributed by atoms with Gasteiger partial charge in [0.1, 0.15) is 0 Å². The molecule has 1 aromatic rings. The molecule has 1 N–H and O–H groups in total. The van der Waals surface area contributed by atoms with E-state index in [1.807, 2.05) is 49.1 Å². The van der Waals surface area contributed by atoms with Crippen molar-refractivity contribution in [3.05, 3.63) is 30.3 Å². The van der Waals surface area contributed by atoms with Crippen LogP contribution in [0.2, 0.25) is 0 Å². The molecule has 0 aliphatic heterocycles. The summed E-state index contributed by atoms with van der Waals surface area (Å²) in [4.78, 5) is 13.5. The molecule has 0 fully saturated rings. The van der Waals surface area contributed by atoms with Crippen LogP contribution in [-0.4, -0.2) is 36.9 Å². The smallest absolute Gasteiger partial charge is 0.307 e. The van der Waals surface area contributed by atoms with E-state index in [2.05, 4.69) is 0 Å². The van der Waals surface area contributed by atoms with E-state index < -0.39 is 0 Å². The van der Waals surface area contributed by atoms with Gasteiger partial charge in [-0.25, -0.2) is 0 Å². The Balaban J connectivity index is 2.51. The van der Waals surface area contributed by atoms with Gasteiger partial charge in [-0.2, -0.15) is 0 Å². The number of benzene rings is 1. The SMILES string of the molecule is CC(C)OC(=O)CCN(CCO)c1ccccc1. The molecule has 0 aromatic heterocycles. The van der Waals surface area contributed by atoms with Crippen LogP contribution in [0.4, 0.5) is 5.69 Å². The molecule has 1 rings (SSSR count). The molecule has 0 heterocycles. The Morgan fingerprint density at radius 1 is 1.28 bits per heavy atom. The number of rotatable bonds is 7. The number of hydrogen-bond donors (Lipinski definition) is 1. The van der Waals surface area contributed by atoms with E-state index in [0.29, 0.717) is 19.5 Å². The van der Waals surface area contributed by atoms with Crippen LogP contribution in [0.25, 0.3) is 0 Å². The highest BCUT2D eigenvalue weighted by atomic mass is 16.5. The molecule has 0 atom stereocenters. The van der Waals surface area contributed by atoms with Gasteiger partial charge in [0.05, 0.1) is 19.1 Å². The second-order valence-corrected chi connectivity index (χ2v) is 4.33. The molecular weight excluding hydrogens is 230 g/mol. The number of nitrogens with zero attached hydrogens (tertiary/aromatic N) is 1. The van der Waals surface area contributed by atoms with Crippen molar-refractivity contribution < 1.29 is 14.6 Å². The van der Waals surface area contributed by atoms with E-state index in [9.17, 15) is 4.79 Å². The van der Waals surface area contributed by atoms with Crippen molar-refractivity contribution in [1.29, 1.82) is 0 Å². The average Bonchev–Trinajstić information content (AvgIpc) is 2.34. The van der Waals surface area contributed by atoms with Crippen LogP contribution < -0.4 is 4.90 Å². The fraction of sp³-hybridized carbons (Fsp3) is 0.500. The minimum absolute atomic E-state index is 0.0636. The van der Waals surface area contributed by atoms with Gasteiger partial charge in [-0.05, 0) is 26.0 Å². The molecule has 0 saturated heterocycles. The third kappa shape index (κ3) is 5.19. The molecule has 100 valence electrons. The quantitative estimate of drug-likeness (QED) is 0.751. The summed E-state index contributed by atoms with van der Waals surface area (Å²) < 4.78 is 5.09. The van der Waals surface area contributed by atoms with Gasteiger partial charge in [0.25, 0.3) is 0 Å². The van der Waals surface area contributed by atoms with Crippen LogP contribution in [0.5, 0.6) is 0 Å². The summed E-state index contributed by atoms with van der Waals surface area (Å²) >= 11 is 0. The first-order chi connectivity index (χ1) is 8.63. The fourth-order valence-electron chi connectivity index (χ4n) is 1.68. The molecule has 0 saturated carbocycles. The molecule has 0 radical (unpaired) electrons. The van der Waals surface area contributed by atoms with Crippen molar-refractivity contribution in [3.8, 4) is 0 Å². The molecule has 18 heavy (non-hydrogen) atoms. The Bertz CT molecular complexity index is 351. The van der Waals surface area contributed by atoms with Crippen molar-refractivity contribution in [2.45, 2.75) is 26.4 Å². The summed E-state index contributed by atoms with van der Waals surface area (Å²) in [6, 6.07) is 9.73. The van der Waals surface area contributed by atoms with Gasteiger partial charge in [-0.1, -0.05) is 18.2 Å². The predicted molar refractivity (Wildman–Crippen MR) is 71.6 cm³/mol. The van der Waals surface area contributed by atoms with Crippen LogP contribution in [0.1, 0.15) is 20.3 Å². The average molecular weight is 251 g/mol. The van der Waals surface area contributed by atoms with E-state index in [1.54, 1.807) is 0 Å². The number of carbonyl (C=O) groups excluding carboxylic acids is 1. The van der Waals surface area contributed by atoms with E-state index in [1.165, 1.54) is 0 Å². The third-order valence-corrected chi connectivity index (χ3v) is 2.44. The zero-order chi connectivity index (χ0) is 13.4. The summed E-state index contributed by atoms with van der Waals surface area (Å²) in [5.41, 5.74) is 1.00. The fourth-order valence-corrected chi connectivity index (χ4v) is 1.68. The molecule has 0 bridgehead atoms. The van der Waals surface area contributed by atoms with Crippen molar-refractivity contribution in [3.63, 3.8) is 0 Å². The lowest BCUT2D eigenvalue weighted by Gasteiger charge is -2.23. The lowest BCUT2D eigenvalue weighted by Crippen LogP contribution is -2.29. The summed E-state index contributed by atoms with van der Waals surface area (Å²) in [5, 5.41) is 9.05. The molecule has 1 aromatic carbocycles. The lowest BCUT2D eigenvalue weighted by atomic mass is 10.2. The maximum Gasteiger partial charge on any atom is 0.307 e. The molecule has 0 unspecified atom stereocenters. The van der Waals surface area contributed by atoms with Crippen LogP contribution in [0.3, 0.4) is 0 Å². The van der Waals surface area contributed by atoms with Gasteiger partial charge in [0, 0.05) is 18.8 Å². The maximum atomic E-state index is 11.5. The molecule has 0 amide bonds. The number of esters is 1. The molecular formula is C14H21NO3. The molecule has 0 spiro atoms. The van der Waals surface area contributed by atoms with E-state index >= 15 is 0 Å². The van der Waals surface area contributed by atoms with Crippen LogP contribution in [0.15, 0.2) is 30.3 Å². The topological polar surface area (TPSA) is 49.8 Å². The zero-order valence-corrected chi connectivity index (χ0v) is 11.0. The Kier molecular flexibility index (Phi) is 6.22. The highest BCUT2D eigenvalue weighted by Crippen LogP contribution is 2.13. The summed E-state index contributed by atoms with van der Waals surface area (Å²) in [6.07, 6.45) is 0.244. The van der Waals surface area contributed by atoms with Gasteiger partial charge in [-0.15, -0.1) is 0 Å². The van der Waals surface area contributed by atoms with Crippen LogP contribution in [-0.2, 0) is 9.53 Å². The Hall–Kier alpha value is -1.55. The van der Waals surface area contributed by atoms with Gasteiger partial charge in [-0.3, -0.25) is 4.79 Å². The largest absolute Gasteiger partial charge is 0.463 e. The number of carbonyl (C=O) groups is 1. The van der Waals surface area contributed by atoms with Gasteiger partial charge >= 0.3 is 5.97 Å². The highest BCUT2D eigenvalue weighted by molar-refractivity contribution is 5.70. The number of ether oxygens (including phenoxy) is 1. The Labute approximate surface area is 108 Å². The molecule has 4 heteroatoms. The van der Waals surface area contributed by atoms with E-state index in [0.717, 1.165) is 5.69 Å². The zero-order valence-electron chi connectivity index (χ0n) is 11.0. The highest BCUT2D eigenvalue weighted by Gasteiger charge is 2.10. The standard InChI is InChI=1S/C14H21NO3/c1-12(2)18-14(17)8-9-15(10-11-16)13-6-4-3-5-7-13/h3-7,12,16H,8-11H2,1-2H3. The number of anilines is 1. The Morgan fingerprint density at radius 2 is 1.94 bits per heavy atom. The Morgan fingerprint density at radius 3 is 2.50 bits per heavy atom. The predicted octanol–water partition coefficient (Wildman–Crippen LogP) is 1.83. The first-order valence-electron chi connectivity index (χ1n) is 6.24. The minimum Gasteiger partial charge on any atom is -0.463 e. The van der Waals surface area contributed by atoms with Crippen LogP contribution >= 0.6 is 0 Å². The van der Waals surface area contributed by atoms with Gasteiger partial charge in [0.2, 0.25) is 0 Å². The summed E-state index contributed by atoms with van der Waals surface area (Å²) in [6.45, 7) is 4.80. The summed E-state index contributed by atoms with van der Waals surface area (Å²) in [5.74, 6) is -0.205. The number of para-hydroxylation sites is 1. The monoisotopic (exact) mass is 251 g/mol. The molecule has 4 nitrogen and oxygen atoms in total. The molecule has 0 aliphatic carbocycles. The lowest BCUT2D eigenvalue weighted by molar-refractivity contribution is -0.147. The van der Waals surface area contributed by atoms with Crippen molar-refractivity contribution in [2.24, 2.45) is 0 Å². The van der Waals surface area contributed by atoms with Crippen molar-refractivity contribution in [1.82, 2.24) is 0 Å². The second kappa shape index (κ2) is 7.71. The van der Waals surface area contributed by atoms with Crippen LogP contribution in [0, 0.1) is 0 Å².